The first-order chi connectivity index (χ1) is 14.2. The molecule has 0 aliphatic rings. The number of benzene rings is 1. The molecule has 4 rings (SSSR count). The lowest BCUT2D eigenvalue weighted by Crippen LogP contribution is -2.02. The molecule has 0 aliphatic heterocycles. The van der Waals surface area contributed by atoms with Gasteiger partial charge in [0, 0.05) is 17.1 Å². The second-order valence-corrected chi connectivity index (χ2v) is 8.01. The van der Waals surface area contributed by atoms with Gasteiger partial charge in [0.1, 0.15) is 17.0 Å². The van der Waals surface area contributed by atoms with Crippen LogP contribution in [0.3, 0.4) is 0 Å². The highest BCUT2D eigenvalue weighted by molar-refractivity contribution is 7.17. The van der Waals surface area contributed by atoms with Gasteiger partial charge in [-0.15, -0.1) is 11.3 Å². The molecular weight excluding hydrogens is 380 g/mol. The fourth-order valence-electron chi connectivity index (χ4n) is 3.16. The number of anilines is 2. The van der Waals surface area contributed by atoms with E-state index in [0.717, 1.165) is 39.3 Å². The molecule has 0 saturated carbocycles. The minimum absolute atomic E-state index is 0.509. The van der Waals surface area contributed by atoms with Crippen molar-refractivity contribution >= 4 is 33.2 Å². The zero-order chi connectivity index (χ0) is 20.2. The Morgan fingerprint density at radius 1 is 1.03 bits per heavy atom. The molecule has 0 saturated heterocycles. The third-order valence-electron chi connectivity index (χ3n) is 4.73. The molecule has 0 aliphatic carbocycles. The second kappa shape index (κ2) is 8.57. The van der Waals surface area contributed by atoms with Crippen LogP contribution in [0.2, 0.25) is 0 Å². The third-order valence-corrected chi connectivity index (χ3v) is 5.61. The van der Waals surface area contributed by atoms with E-state index in [2.05, 4.69) is 70.7 Å². The summed E-state index contributed by atoms with van der Waals surface area (Å²) in [7, 11) is 0. The van der Waals surface area contributed by atoms with Crippen LogP contribution in [0.4, 0.5) is 11.6 Å². The maximum absolute atomic E-state index is 5.84. The Kier molecular flexibility index (Phi) is 5.71. The molecule has 148 valence electrons. The van der Waals surface area contributed by atoms with Crippen LogP contribution in [-0.2, 0) is 0 Å². The number of nitrogens with zero attached hydrogens (tertiary/aromatic N) is 3. The Bertz CT molecular complexity index is 1110. The molecule has 0 radical (unpaired) electrons. The molecule has 5 nitrogen and oxygen atoms in total. The third kappa shape index (κ3) is 4.07. The number of nitrogens with one attached hydrogen (secondary N) is 1. The molecule has 6 heteroatoms. The maximum atomic E-state index is 5.84. The number of fused-ring (bicyclic) bond motifs is 1. The van der Waals surface area contributed by atoms with Crippen LogP contribution in [0.5, 0.6) is 5.75 Å². The van der Waals surface area contributed by atoms with E-state index in [4.69, 9.17) is 4.74 Å². The topological polar surface area (TPSA) is 59.9 Å². The van der Waals surface area contributed by atoms with Gasteiger partial charge in [0.05, 0.1) is 12.0 Å². The molecule has 0 spiro atoms. The fraction of sp³-hybridized carbons (Fsp3) is 0.261. The van der Waals surface area contributed by atoms with Crippen LogP contribution in [0.1, 0.15) is 38.7 Å². The van der Waals surface area contributed by atoms with Crippen molar-refractivity contribution in [1.82, 2.24) is 15.0 Å². The van der Waals surface area contributed by atoms with Crippen LogP contribution in [0.15, 0.2) is 54.3 Å². The van der Waals surface area contributed by atoms with Crippen LogP contribution in [0, 0.1) is 0 Å². The van der Waals surface area contributed by atoms with Crippen molar-refractivity contribution in [1.29, 1.82) is 0 Å². The summed E-state index contributed by atoms with van der Waals surface area (Å²) in [6, 6.07) is 12.5. The Labute approximate surface area is 174 Å². The quantitative estimate of drug-likeness (QED) is 0.386. The predicted octanol–water partition coefficient (Wildman–Crippen LogP) is 6.41. The summed E-state index contributed by atoms with van der Waals surface area (Å²) in [5, 5.41) is 6.51. The Hall–Kier alpha value is -2.99. The first-order valence-electron chi connectivity index (χ1n) is 9.84. The Morgan fingerprint density at radius 2 is 1.86 bits per heavy atom. The van der Waals surface area contributed by atoms with Crippen molar-refractivity contribution in [3.63, 3.8) is 0 Å². The van der Waals surface area contributed by atoms with Crippen LogP contribution < -0.4 is 10.1 Å². The van der Waals surface area contributed by atoms with Gasteiger partial charge in [-0.05, 0) is 35.6 Å². The summed E-state index contributed by atoms with van der Waals surface area (Å²) >= 11 is 1.62. The molecular formula is C23H24N4OS. The van der Waals surface area contributed by atoms with Gasteiger partial charge >= 0.3 is 0 Å². The standard InChI is InChI=1S/C23H24N4OS/c1-4-12-28-19-6-5-11-24-21(19)27-22-20-18(13-29-23(20)26-14-25-22)17-9-7-16(8-10-17)15(2)3/h5-11,13-15H,4,12H2,1-3H3,(H,24,25,26,27). The minimum Gasteiger partial charge on any atom is -0.490 e. The van der Waals surface area contributed by atoms with Gasteiger partial charge in [0.25, 0.3) is 0 Å². The molecule has 4 aromatic rings. The Balaban J connectivity index is 1.74. The summed E-state index contributed by atoms with van der Waals surface area (Å²) in [5.74, 6) is 2.63. The van der Waals surface area contributed by atoms with Crippen molar-refractivity contribution in [2.75, 3.05) is 11.9 Å². The number of rotatable bonds is 7. The van der Waals surface area contributed by atoms with Crippen molar-refractivity contribution in [2.24, 2.45) is 0 Å². The van der Waals surface area contributed by atoms with E-state index in [1.54, 1.807) is 23.9 Å². The number of hydrogen-bond donors (Lipinski definition) is 1. The summed E-state index contributed by atoms with van der Waals surface area (Å²) < 4.78 is 5.84. The van der Waals surface area contributed by atoms with E-state index in [-0.39, 0.29) is 0 Å². The van der Waals surface area contributed by atoms with E-state index in [9.17, 15) is 0 Å². The normalized spacial score (nSPS) is 11.2. The molecule has 0 bridgehead atoms. The lowest BCUT2D eigenvalue weighted by Gasteiger charge is -2.12. The highest BCUT2D eigenvalue weighted by Gasteiger charge is 2.15. The van der Waals surface area contributed by atoms with Crippen LogP contribution in [0.25, 0.3) is 21.3 Å². The number of aromatic nitrogens is 3. The molecule has 0 unspecified atom stereocenters. The monoisotopic (exact) mass is 404 g/mol. The summed E-state index contributed by atoms with van der Waals surface area (Å²) in [4.78, 5) is 14.4. The van der Waals surface area contributed by atoms with Crippen molar-refractivity contribution in [2.45, 2.75) is 33.1 Å². The van der Waals surface area contributed by atoms with Gasteiger partial charge < -0.3 is 10.1 Å². The molecule has 0 atom stereocenters. The lowest BCUT2D eigenvalue weighted by atomic mass is 9.99. The van der Waals surface area contributed by atoms with E-state index in [1.165, 1.54) is 5.56 Å². The summed E-state index contributed by atoms with van der Waals surface area (Å²) in [6.45, 7) is 7.14. The number of ether oxygens (including phenoxy) is 1. The van der Waals surface area contributed by atoms with Gasteiger partial charge in [-0.2, -0.15) is 0 Å². The zero-order valence-electron chi connectivity index (χ0n) is 16.8. The smallest absolute Gasteiger partial charge is 0.174 e. The van der Waals surface area contributed by atoms with E-state index in [0.29, 0.717) is 18.3 Å². The van der Waals surface area contributed by atoms with E-state index in [1.807, 2.05) is 12.1 Å². The number of thiophene rings is 1. The molecule has 3 aromatic heterocycles. The highest BCUT2D eigenvalue weighted by Crippen LogP contribution is 2.38. The average Bonchev–Trinajstić information content (AvgIpc) is 3.18. The first-order valence-corrected chi connectivity index (χ1v) is 10.7. The van der Waals surface area contributed by atoms with Crippen molar-refractivity contribution in [3.05, 3.63) is 59.9 Å². The zero-order valence-corrected chi connectivity index (χ0v) is 17.7. The van der Waals surface area contributed by atoms with Gasteiger partial charge in [-0.1, -0.05) is 45.0 Å². The predicted molar refractivity (Wildman–Crippen MR) is 120 cm³/mol. The summed E-state index contributed by atoms with van der Waals surface area (Å²) in [5.41, 5.74) is 3.60. The molecule has 1 aromatic carbocycles. The van der Waals surface area contributed by atoms with Gasteiger partial charge in [-0.25, -0.2) is 15.0 Å². The van der Waals surface area contributed by atoms with Crippen LogP contribution in [-0.4, -0.2) is 21.6 Å². The van der Waals surface area contributed by atoms with Gasteiger partial charge in [0.2, 0.25) is 0 Å². The maximum Gasteiger partial charge on any atom is 0.174 e. The van der Waals surface area contributed by atoms with Crippen LogP contribution >= 0.6 is 11.3 Å². The highest BCUT2D eigenvalue weighted by atomic mass is 32.1. The van der Waals surface area contributed by atoms with Gasteiger partial charge in [0.15, 0.2) is 11.6 Å². The van der Waals surface area contributed by atoms with Crippen molar-refractivity contribution in [3.8, 4) is 16.9 Å². The first kappa shape index (κ1) is 19.3. The largest absolute Gasteiger partial charge is 0.490 e. The molecule has 3 heterocycles. The van der Waals surface area contributed by atoms with Crippen molar-refractivity contribution < 1.29 is 4.74 Å². The number of pyridine rings is 1. The average molecular weight is 405 g/mol. The summed E-state index contributed by atoms with van der Waals surface area (Å²) in [6.07, 6.45) is 4.27. The number of hydrogen-bond acceptors (Lipinski definition) is 6. The lowest BCUT2D eigenvalue weighted by molar-refractivity contribution is 0.318. The Morgan fingerprint density at radius 3 is 2.62 bits per heavy atom. The fourth-order valence-corrected chi connectivity index (χ4v) is 4.07. The molecule has 0 fully saturated rings. The van der Waals surface area contributed by atoms with E-state index < -0.39 is 0 Å². The SMILES string of the molecule is CCCOc1cccnc1Nc1ncnc2scc(-c3ccc(C(C)C)cc3)c12. The van der Waals surface area contributed by atoms with E-state index >= 15 is 0 Å². The molecule has 0 amide bonds. The second-order valence-electron chi connectivity index (χ2n) is 7.15. The molecule has 1 N–H and O–H groups in total. The molecule has 29 heavy (non-hydrogen) atoms. The minimum atomic E-state index is 0.509. The van der Waals surface area contributed by atoms with Gasteiger partial charge in [-0.3, -0.25) is 0 Å².